The molecule has 0 aromatic carbocycles. The Bertz CT molecular complexity index is 222. The Labute approximate surface area is 67.1 Å². The van der Waals surface area contributed by atoms with E-state index in [9.17, 15) is 4.21 Å². The predicted octanol–water partition coefficient (Wildman–Crippen LogP) is -0.100. The van der Waals surface area contributed by atoms with Gasteiger partial charge in [-0.15, -0.1) is 0 Å². The molecule has 4 nitrogen and oxygen atoms in total. The minimum Gasteiger partial charge on any atom is -0.396 e. The monoisotopic (exact) mass is 174 g/mol. The molecule has 1 heterocycles. The zero-order chi connectivity index (χ0) is 8.10. The van der Waals surface area contributed by atoms with Gasteiger partial charge in [-0.3, -0.25) is 4.21 Å². The Kier molecular flexibility index (Phi) is 3.25. The fourth-order valence-electron chi connectivity index (χ4n) is 0.673. The highest BCUT2D eigenvalue weighted by Gasteiger charge is 2.02. The molecule has 0 fully saturated rings. The molecule has 0 radical (unpaired) electrons. The van der Waals surface area contributed by atoms with Gasteiger partial charge in [0, 0.05) is 12.4 Å². The van der Waals surface area contributed by atoms with Crippen LogP contribution in [0.15, 0.2) is 17.6 Å². The Hall–Kier alpha value is -0.680. The molecule has 62 valence electrons. The third kappa shape index (κ3) is 2.44. The van der Waals surface area contributed by atoms with Gasteiger partial charge in [-0.1, -0.05) is 0 Å². The first-order chi connectivity index (χ1) is 5.34. The fourth-order valence-corrected chi connectivity index (χ4v) is 1.65. The maximum atomic E-state index is 11.2. The molecular weight excluding hydrogens is 164 g/mol. The summed E-state index contributed by atoms with van der Waals surface area (Å²) in [5.74, 6) is 0.485. The van der Waals surface area contributed by atoms with Crippen molar-refractivity contribution in [2.24, 2.45) is 0 Å². The molecule has 0 aliphatic carbocycles. The van der Waals surface area contributed by atoms with Crippen LogP contribution in [0.1, 0.15) is 6.42 Å². The molecule has 1 unspecified atom stereocenters. The van der Waals surface area contributed by atoms with Crippen LogP contribution in [0.5, 0.6) is 0 Å². The van der Waals surface area contributed by atoms with Gasteiger partial charge in [-0.2, -0.15) is 0 Å². The maximum absolute atomic E-state index is 11.2. The average Bonchev–Trinajstić information content (AvgIpc) is 2.52. The number of imidazole rings is 1. The van der Waals surface area contributed by atoms with Crippen LogP contribution in [0.3, 0.4) is 0 Å². The zero-order valence-corrected chi connectivity index (χ0v) is 6.80. The number of aliphatic hydroxyl groups excluding tert-OH is 1. The van der Waals surface area contributed by atoms with Gasteiger partial charge in [-0.25, -0.2) is 4.98 Å². The zero-order valence-electron chi connectivity index (χ0n) is 5.99. The molecule has 0 saturated heterocycles. The Morgan fingerprint density at radius 3 is 3.09 bits per heavy atom. The van der Waals surface area contributed by atoms with Crippen LogP contribution < -0.4 is 0 Å². The summed E-state index contributed by atoms with van der Waals surface area (Å²) in [6.07, 6.45) is 3.59. The third-order valence-corrected chi connectivity index (χ3v) is 2.58. The molecule has 1 atom stereocenters. The van der Waals surface area contributed by atoms with E-state index in [4.69, 9.17) is 5.11 Å². The SMILES string of the molecule is O=S(CCCO)c1cnc[nH]1. The van der Waals surface area contributed by atoms with Crippen molar-refractivity contribution in [2.75, 3.05) is 12.4 Å². The molecule has 1 aromatic rings. The van der Waals surface area contributed by atoms with Crippen molar-refractivity contribution in [3.8, 4) is 0 Å². The van der Waals surface area contributed by atoms with Crippen LogP contribution in [0.4, 0.5) is 0 Å². The number of aliphatic hydroxyl groups is 1. The molecular formula is C6H10N2O2S. The van der Waals surface area contributed by atoms with E-state index in [1.807, 2.05) is 0 Å². The predicted molar refractivity (Wildman–Crippen MR) is 41.6 cm³/mol. The van der Waals surface area contributed by atoms with Crippen molar-refractivity contribution >= 4 is 10.8 Å². The second-order valence-corrected chi connectivity index (χ2v) is 3.58. The second-order valence-electron chi connectivity index (χ2n) is 2.04. The normalized spacial score (nSPS) is 13.2. The van der Waals surface area contributed by atoms with Gasteiger partial charge >= 0.3 is 0 Å². The van der Waals surface area contributed by atoms with E-state index in [-0.39, 0.29) is 6.61 Å². The van der Waals surface area contributed by atoms with Crippen molar-refractivity contribution < 1.29 is 9.32 Å². The van der Waals surface area contributed by atoms with E-state index in [2.05, 4.69) is 9.97 Å². The van der Waals surface area contributed by atoms with Gasteiger partial charge in [0.05, 0.1) is 23.3 Å². The summed E-state index contributed by atoms with van der Waals surface area (Å²) in [7, 11) is -1.03. The van der Waals surface area contributed by atoms with E-state index in [1.54, 1.807) is 0 Å². The molecule has 5 heteroatoms. The lowest BCUT2D eigenvalue weighted by molar-refractivity contribution is 0.296. The summed E-state index contributed by atoms with van der Waals surface area (Å²) in [5, 5.41) is 9.08. The number of H-pyrrole nitrogens is 1. The standard InChI is InChI=1S/C6H10N2O2S/c9-2-1-3-11(10)6-4-7-5-8-6/h4-5,9H,1-3H2,(H,7,8). The molecule has 0 aliphatic rings. The summed E-state index contributed by atoms with van der Waals surface area (Å²) < 4.78 is 11.2. The summed E-state index contributed by atoms with van der Waals surface area (Å²) in [6.45, 7) is 0.0832. The van der Waals surface area contributed by atoms with Crippen molar-refractivity contribution in [1.29, 1.82) is 0 Å². The number of hydrogen-bond acceptors (Lipinski definition) is 3. The number of nitrogens with zero attached hydrogens (tertiary/aromatic N) is 1. The molecule has 0 aliphatic heterocycles. The molecule has 0 spiro atoms. The number of nitrogens with one attached hydrogen (secondary N) is 1. The van der Waals surface area contributed by atoms with Crippen LogP contribution in [0.2, 0.25) is 0 Å². The molecule has 11 heavy (non-hydrogen) atoms. The quantitative estimate of drug-likeness (QED) is 0.670. The number of aromatic amines is 1. The van der Waals surface area contributed by atoms with E-state index < -0.39 is 10.8 Å². The van der Waals surface area contributed by atoms with Gasteiger partial charge in [0.15, 0.2) is 0 Å². The Balaban J connectivity index is 2.43. The highest BCUT2D eigenvalue weighted by Crippen LogP contribution is 2.00. The first-order valence-electron chi connectivity index (χ1n) is 3.32. The van der Waals surface area contributed by atoms with Crippen LogP contribution >= 0.6 is 0 Å². The molecule has 1 rings (SSSR count). The topological polar surface area (TPSA) is 66.0 Å². The minimum absolute atomic E-state index is 0.0832. The van der Waals surface area contributed by atoms with E-state index in [0.717, 1.165) is 0 Å². The maximum Gasteiger partial charge on any atom is 0.123 e. The molecule has 2 N–H and O–H groups in total. The van der Waals surface area contributed by atoms with Gasteiger partial charge in [-0.05, 0) is 6.42 Å². The van der Waals surface area contributed by atoms with Crippen molar-refractivity contribution in [1.82, 2.24) is 9.97 Å². The summed E-state index contributed by atoms with van der Waals surface area (Å²) in [6, 6.07) is 0. The van der Waals surface area contributed by atoms with Gasteiger partial charge in [0.25, 0.3) is 0 Å². The molecule has 0 saturated carbocycles. The number of rotatable bonds is 4. The largest absolute Gasteiger partial charge is 0.396 e. The van der Waals surface area contributed by atoms with E-state index in [0.29, 0.717) is 17.2 Å². The van der Waals surface area contributed by atoms with Gasteiger partial charge < -0.3 is 10.1 Å². The highest BCUT2D eigenvalue weighted by molar-refractivity contribution is 7.84. The van der Waals surface area contributed by atoms with Crippen LogP contribution in [0.25, 0.3) is 0 Å². The fraction of sp³-hybridized carbons (Fsp3) is 0.500. The summed E-state index contributed by atoms with van der Waals surface area (Å²) in [4.78, 5) is 6.49. The lowest BCUT2D eigenvalue weighted by Crippen LogP contribution is -2.00. The van der Waals surface area contributed by atoms with Gasteiger partial charge in [0.2, 0.25) is 0 Å². The summed E-state index contributed by atoms with van der Waals surface area (Å²) >= 11 is 0. The lowest BCUT2D eigenvalue weighted by Gasteiger charge is -1.94. The van der Waals surface area contributed by atoms with Crippen molar-refractivity contribution in [3.63, 3.8) is 0 Å². The lowest BCUT2D eigenvalue weighted by atomic mass is 10.5. The smallest absolute Gasteiger partial charge is 0.123 e. The van der Waals surface area contributed by atoms with Crippen LogP contribution in [-0.2, 0) is 10.8 Å². The number of aromatic nitrogens is 2. The second kappa shape index (κ2) is 4.25. The highest BCUT2D eigenvalue weighted by atomic mass is 32.2. The van der Waals surface area contributed by atoms with Crippen molar-refractivity contribution in [2.45, 2.75) is 11.4 Å². The minimum atomic E-state index is -1.03. The Morgan fingerprint density at radius 2 is 2.55 bits per heavy atom. The first-order valence-corrected chi connectivity index (χ1v) is 4.64. The number of hydrogen-bond donors (Lipinski definition) is 2. The van der Waals surface area contributed by atoms with Gasteiger partial charge in [0.1, 0.15) is 5.03 Å². The van der Waals surface area contributed by atoms with E-state index >= 15 is 0 Å². The van der Waals surface area contributed by atoms with Crippen LogP contribution in [0, 0.1) is 0 Å². The first kappa shape index (κ1) is 8.42. The average molecular weight is 174 g/mol. The molecule has 1 aromatic heterocycles. The van der Waals surface area contributed by atoms with Crippen LogP contribution in [-0.4, -0.2) is 31.6 Å². The molecule has 0 bridgehead atoms. The van der Waals surface area contributed by atoms with E-state index in [1.165, 1.54) is 12.5 Å². The van der Waals surface area contributed by atoms with Crippen molar-refractivity contribution in [3.05, 3.63) is 12.5 Å². The third-order valence-electron chi connectivity index (χ3n) is 1.21. The molecule has 0 amide bonds. The Morgan fingerprint density at radius 1 is 1.73 bits per heavy atom. The summed E-state index contributed by atoms with van der Waals surface area (Å²) in [5.41, 5.74) is 0.